The van der Waals surface area contributed by atoms with E-state index >= 15 is 0 Å². The lowest BCUT2D eigenvalue weighted by molar-refractivity contribution is -0.0603. The molecule has 2 nitrogen and oxygen atoms in total. The molecule has 0 aromatic rings. The fraction of sp³-hybridized carbons (Fsp3) is 0.733. The Bertz CT molecular complexity index is 302. The normalized spacial score (nSPS) is 34.5. The molecule has 0 saturated carbocycles. The molecular weight excluding hydrogens is 210 g/mol. The van der Waals surface area contributed by atoms with E-state index in [1.54, 1.807) is 0 Å². The van der Waals surface area contributed by atoms with E-state index in [-0.39, 0.29) is 5.60 Å². The van der Waals surface area contributed by atoms with Crippen molar-refractivity contribution in [1.82, 2.24) is 5.32 Å². The van der Waals surface area contributed by atoms with Crippen molar-refractivity contribution in [2.24, 2.45) is 17.8 Å². The molecule has 1 aliphatic heterocycles. The highest BCUT2D eigenvalue weighted by atomic mass is 16.5. The van der Waals surface area contributed by atoms with Crippen LogP contribution in [0.25, 0.3) is 0 Å². The van der Waals surface area contributed by atoms with Crippen LogP contribution in [-0.2, 0) is 4.74 Å². The number of hydrogen-bond acceptors (Lipinski definition) is 2. The summed E-state index contributed by atoms with van der Waals surface area (Å²) >= 11 is 0. The second-order valence-electron chi connectivity index (χ2n) is 5.57. The lowest BCUT2D eigenvalue weighted by atomic mass is 9.67. The fourth-order valence-corrected chi connectivity index (χ4v) is 3.40. The van der Waals surface area contributed by atoms with Crippen LogP contribution in [0.5, 0.6) is 0 Å². The van der Waals surface area contributed by atoms with Crippen LogP contribution in [-0.4, -0.2) is 25.8 Å². The fourth-order valence-electron chi connectivity index (χ4n) is 3.40. The molecule has 0 amide bonds. The first-order chi connectivity index (χ1) is 8.20. The molecule has 0 spiro atoms. The molecule has 2 aliphatic rings. The molecule has 2 rings (SSSR count). The summed E-state index contributed by atoms with van der Waals surface area (Å²) in [5, 5.41) is 3.45. The van der Waals surface area contributed by atoms with Crippen molar-refractivity contribution in [3.63, 3.8) is 0 Å². The Morgan fingerprint density at radius 1 is 1.24 bits per heavy atom. The third-order valence-corrected chi connectivity index (χ3v) is 4.45. The van der Waals surface area contributed by atoms with Gasteiger partial charge in [-0.25, -0.2) is 0 Å². The van der Waals surface area contributed by atoms with Gasteiger partial charge in [0.2, 0.25) is 0 Å². The number of nitrogens with one attached hydrogen (secondary N) is 1. The van der Waals surface area contributed by atoms with Gasteiger partial charge >= 0.3 is 0 Å². The lowest BCUT2D eigenvalue weighted by Gasteiger charge is -2.45. The number of piperidine rings is 1. The number of methoxy groups -OCH3 is 1. The van der Waals surface area contributed by atoms with Crippen LogP contribution in [0, 0.1) is 17.8 Å². The maximum atomic E-state index is 5.95. The Hall–Kier alpha value is -0.600. The van der Waals surface area contributed by atoms with Crippen molar-refractivity contribution in [3.8, 4) is 0 Å². The molecule has 1 aliphatic carbocycles. The lowest BCUT2D eigenvalue weighted by Crippen LogP contribution is -2.48. The van der Waals surface area contributed by atoms with Crippen LogP contribution in [0.3, 0.4) is 0 Å². The van der Waals surface area contributed by atoms with Gasteiger partial charge in [-0.1, -0.05) is 38.2 Å². The van der Waals surface area contributed by atoms with E-state index in [1.165, 1.54) is 12.8 Å². The van der Waals surface area contributed by atoms with Gasteiger partial charge < -0.3 is 10.1 Å². The Morgan fingerprint density at radius 2 is 1.94 bits per heavy atom. The van der Waals surface area contributed by atoms with Gasteiger partial charge in [0, 0.05) is 13.0 Å². The smallest absolute Gasteiger partial charge is 0.0949 e. The van der Waals surface area contributed by atoms with E-state index in [9.17, 15) is 0 Å². The minimum Gasteiger partial charge on any atom is -0.373 e. The molecule has 0 radical (unpaired) electrons. The quantitative estimate of drug-likeness (QED) is 0.812. The van der Waals surface area contributed by atoms with Crippen molar-refractivity contribution < 1.29 is 4.74 Å². The van der Waals surface area contributed by atoms with Gasteiger partial charge in [-0.05, 0) is 37.8 Å². The summed E-state index contributed by atoms with van der Waals surface area (Å²) in [5.41, 5.74) is -0.100. The molecular formula is C15H25NO. The molecule has 1 fully saturated rings. The largest absolute Gasteiger partial charge is 0.373 e. The molecule has 0 aromatic heterocycles. The monoisotopic (exact) mass is 235 g/mol. The maximum Gasteiger partial charge on any atom is 0.0949 e. The highest BCUT2D eigenvalue weighted by molar-refractivity contribution is 5.24. The van der Waals surface area contributed by atoms with Crippen molar-refractivity contribution >= 4 is 0 Å². The van der Waals surface area contributed by atoms with E-state index in [1.807, 2.05) is 7.11 Å². The zero-order valence-electron chi connectivity index (χ0n) is 11.3. The second kappa shape index (κ2) is 5.36. The summed E-state index contributed by atoms with van der Waals surface area (Å²) in [7, 11) is 1.86. The first-order valence-electron chi connectivity index (χ1n) is 6.82. The Balaban J connectivity index is 2.22. The van der Waals surface area contributed by atoms with Gasteiger partial charge in [0.05, 0.1) is 5.60 Å². The van der Waals surface area contributed by atoms with Crippen molar-refractivity contribution in [3.05, 3.63) is 24.3 Å². The minimum absolute atomic E-state index is 0.100. The van der Waals surface area contributed by atoms with Crippen molar-refractivity contribution in [1.29, 1.82) is 0 Å². The number of ether oxygens (including phenoxy) is 1. The van der Waals surface area contributed by atoms with Crippen LogP contribution >= 0.6 is 0 Å². The Morgan fingerprint density at radius 3 is 2.53 bits per heavy atom. The predicted octanol–water partition coefficient (Wildman–Crippen LogP) is 2.77. The van der Waals surface area contributed by atoms with Gasteiger partial charge in [-0.2, -0.15) is 0 Å². The van der Waals surface area contributed by atoms with E-state index in [0.717, 1.165) is 19.0 Å². The summed E-state index contributed by atoms with van der Waals surface area (Å²) in [6.45, 7) is 6.83. The highest BCUT2D eigenvalue weighted by Gasteiger charge is 2.43. The zero-order valence-corrected chi connectivity index (χ0v) is 11.3. The molecule has 17 heavy (non-hydrogen) atoms. The van der Waals surface area contributed by atoms with Gasteiger partial charge in [0.15, 0.2) is 0 Å². The van der Waals surface area contributed by atoms with Crippen LogP contribution in [0.4, 0.5) is 0 Å². The maximum absolute atomic E-state index is 5.95. The van der Waals surface area contributed by atoms with Gasteiger partial charge in [-0.15, -0.1) is 0 Å². The van der Waals surface area contributed by atoms with Crippen LogP contribution in [0.1, 0.15) is 26.7 Å². The second-order valence-corrected chi connectivity index (χ2v) is 5.57. The molecule has 96 valence electrons. The third kappa shape index (κ3) is 2.34. The average molecular weight is 235 g/mol. The summed E-state index contributed by atoms with van der Waals surface area (Å²) < 4.78 is 5.95. The first kappa shape index (κ1) is 12.8. The summed E-state index contributed by atoms with van der Waals surface area (Å²) in [5.74, 6) is 1.79. The molecule has 2 atom stereocenters. The van der Waals surface area contributed by atoms with Crippen LogP contribution < -0.4 is 5.32 Å². The molecule has 0 bridgehead atoms. The van der Waals surface area contributed by atoms with Gasteiger partial charge in [0.1, 0.15) is 0 Å². The van der Waals surface area contributed by atoms with Crippen molar-refractivity contribution in [2.75, 3.05) is 20.2 Å². The SMILES string of the molecule is COC1(C(C)C)C=CC=CC1C1CCNCC1. The topological polar surface area (TPSA) is 21.3 Å². The molecule has 0 aromatic carbocycles. The van der Waals surface area contributed by atoms with E-state index in [2.05, 4.69) is 43.5 Å². The molecule has 2 heteroatoms. The number of allylic oxidation sites excluding steroid dienone is 2. The van der Waals surface area contributed by atoms with E-state index < -0.39 is 0 Å². The third-order valence-electron chi connectivity index (χ3n) is 4.45. The van der Waals surface area contributed by atoms with Crippen LogP contribution in [0.2, 0.25) is 0 Å². The van der Waals surface area contributed by atoms with Crippen molar-refractivity contribution in [2.45, 2.75) is 32.3 Å². The first-order valence-corrected chi connectivity index (χ1v) is 6.82. The average Bonchev–Trinajstić information content (AvgIpc) is 2.39. The summed E-state index contributed by atoms with van der Waals surface area (Å²) in [6, 6.07) is 0. The molecule has 1 heterocycles. The number of hydrogen-bond donors (Lipinski definition) is 1. The molecule has 1 N–H and O–H groups in total. The summed E-state index contributed by atoms with van der Waals surface area (Å²) in [6.07, 6.45) is 11.5. The standard InChI is InChI=1S/C15H25NO/c1-12(2)15(17-3)9-5-4-6-14(15)13-7-10-16-11-8-13/h4-6,9,12-14,16H,7-8,10-11H2,1-3H3. The predicted molar refractivity (Wildman–Crippen MR) is 71.9 cm³/mol. The minimum atomic E-state index is -0.100. The summed E-state index contributed by atoms with van der Waals surface area (Å²) in [4.78, 5) is 0. The zero-order chi connectivity index (χ0) is 12.3. The van der Waals surface area contributed by atoms with E-state index in [4.69, 9.17) is 4.74 Å². The number of rotatable bonds is 3. The Labute approximate surface area is 105 Å². The van der Waals surface area contributed by atoms with E-state index in [0.29, 0.717) is 11.8 Å². The van der Waals surface area contributed by atoms with Gasteiger partial charge in [-0.3, -0.25) is 0 Å². The van der Waals surface area contributed by atoms with Crippen LogP contribution in [0.15, 0.2) is 24.3 Å². The van der Waals surface area contributed by atoms with Gasteiger partial charge in [0.25, 0.3) is 0 Å². The Kier molecular flexibility index (Phi) is 4.05. The molecule has 2 unspecified atom stereocenters. The highest BCUT2D eigenvalue weighted by Crippen LogP contribution is 2.41. The molecule has 1 saturated heterocycles.